The van der Waals surface area contributed by atoms with E-state index in [0.29, 0.717) is 32.1 Å². The zero-order valence-corrected chi connectivity index (χ0v) is 68.0. The number of allylic oxidation sites excluding steroid dienone is 14. The van der Waals surface area contributed by atoms with Crippen LogP contribution in [0.15, 0.2) is 85.1 Å². The van der Waals surface area contributed by atoms with Gasteiger partial charge in [-0.25, -0.2) is 9.13 Å². The number of aliphatic hydroxyl groups is 1. The molecule has 104 heavy (non-hydrogen) atoms. The molecule has 0 aromatic rings. The van der Waals surface area contributed by atoms with Gasteiger partial charge < -0.3 is 33.8 Å². The van der Waals surface area contributed by atoms with Crippen LogP contribution in [0.1, 0.15) is 374 Å². The topological polar surface area (TPSA) is 237 Å². The first-order valence-corrected chi connectivity index (χ1v) is 44.8. The van der Waals surface area contributed by atoms with E-state index in [1.807, 2.05) is 18.2 Å². The molecule has 0 saturated carbocycles. The molecule has 0 saturated heterocycles. The minimum atomic E-state index is -4.99. The lowest BCUT2D eigenvalue weighted by Gasteiger charge is -2.21. The molecule has 0 aromatic heterocycles. The van der Waals surface area contributed by atoms with Gasteiger partial charge in [-0.2, -0.15) is 0 Å². The van der Waals surface area contributed by atoms with Crippen LogP contribution in [0.2, 0.25) is 0 Å². The standard InChI is InChI=1S/C85H152O17P2/c1-5-9-13-17-21-25-29-33-37-38-39-40-44-48-52-56-60-64-68-72-85(90)102-81(76-96-83(88)70-66-62-58-54-50-46-42-35-31-27-23-19-15-11-7-3)78-100-104(93,94)98-74-79(86)73-97-103(91,92)99-77-80(101-84(89)71-67-63-59-55-51-47-43-36-32-28-24-20-16-12-8-4)75-95-82(87)69-65-61-57-53-49-45-41-34-30-26-22-18-14-10-6-2/h21,25,33-34,36-37,39-41,43,48,52,60,64,79-81,86H,5-20,22-24,26-32,35,38,42,44-47,49-51,53-59,61-63,65-78H2,1-4H3,(H,91,92)(H,93,94)/b25-21-,37-33-,40-39-,41-34-,43-36-,52-48-,64-60-/t79-,80-,81-/m1/s1. The normalized spacial score (nSPS) is 14.3. The molecular weight excluding hydrogens is 1350 g/mol. The maximum atomic E-state index is 13.1. The van der Waals surface area contributed by atoms with E-state index in [0.717, 1.165) is 122 Å². The Balaban J connectivity index is 5.42. The van der Waals surface area contributed by atoms with Gasteiger partial charge in [0, 0.05) is 25.7 Å². The maximum absolute atomic E-state index is 13.1. The Morgan fingerprint density at radius 1 is 0.269 bits per heavy atom. The molecule has 0 spiro atoms. The van der Waals surface area contributed by atoms with Gasteiger partial charge in [0.05, 0.1) is 26.4 Å². The number of rotatable bonds is 79. The lowest BCUT2D eigenvalue weighted by Crippen LogP contribution is -2.30. The van der Waals surface area contributed by atoms with Crippen molar-refractivity contribution < 1.29 is 80.2 Å². The highest BCUT2D eigenvalue weighted by molar-refractivity contribution is 7.47. The molecular formula is C85H152O17P2. The Morgan fingerprint density at radius 3 is 0.808 bits per heavy atom. The van der Waals surface area contributed by atoms with E-state index in [-0.39, 0.29) is 25.7 Å². The van der Waals surface area contributed by atoms with E-state index in [4.69, 9.17) is 37.0 Å². The highest BCUT2D eigenvalue weighted by Crippen LogP contribution is 2.45. The summed E-state index contributed by atoms with van der Waals surface area (Å²) in [5.74, 6) is -2.26. The number of phosphoric ester groups is 2. The smallest absolute Gasteiger partial charge is 0.462 e. The van der Waals surface area contributed by atoms with Crippen molar-refractivity contribution in [2.24, 2.45) is 0 Å². The van der Waals surface area contributed by atoms with Crippen LogP contribution in [-0.2, 0) is 65.4 Å². The van der Waals surface area contributed by atoms with Crippen LogP contribution in [0.4, 0.5) is 0 Å². The van der Waals surface area contributed by atoms with E-state index in [1.165, 1.54) is 167 Å². The van der Waals surface area contributed by atoms with Gasteiger partial charge in [-0.3, -0.25) is 37.3 Å². The molecule has 0 rings (SSSR count). The minimum Gasteiger partial charge on any atom is -0.462 e. The number of ether oxygens (including phenoxy) is 4. The Morgan fingerprint density at radius 2 is 0.490 bits per heavy atom. The highest BCUT2D eigenvalue weighted by atomic mass is 31.2. The molecule has 0 radical (unpaired) electrons. The molecule has 0 aliphatic rings. The van der Waals surface area contributed by atoms with Crippen molar-refractivity contribution in [3.8, 4) is 0 Å². The lowest BCUT2D eigenvalue weighted by molar-refractivity contribution is -0.161. The van der Waals surface area contributed by atoms with Crippen LogP contribution in [0.3, 0.4) is 0 Å². The van der Waals surface area contributed by atoms with Crippen molar-refractivity contribution in [3.05, 3.63) is 85.1 Å². The van der Waals surface area contributed by atoms with E-state index < -0.39 is 97.5 Å². The Hall–Kier alpha value is -3.76. The van der Waals surface area contributed by atoms with Crippen molar-refractivity contribution in [2.45, 2.75) is 393 Å². The number of carbonyl (C=O) groups excluding carboxylic acids is 4. The summed E-state index contributed by atoms with van der Waals surface area (Å²) >= 11 is 0. The fourth-order valence-corrected chi connectivity index (χ4v) is 13.0. The largest absolute Gasteiger partial charge is 0.472 e. The first-order valence-electron chi connectivity index (χ1n) is 41.8. The van der Waals surface area contributed by atoms with Gasteiger partial charge in [0.1, 0.15) is 19.3 Å². The van der Waals surface area contributed by atoms with Crippen LogP contribution in [0, 0.1) is 0 Å². The van der Waals surface area contributed by atoms with Crippen molar-refractivity contribution in [1.82, 2.24) is 0 Å². The van der Waals surface area contributed by atoms with Crippen LogP contribution in [0.25, 0.3) is 0 Å². The second-order valence-corrected chi connectivity index (χ2v) is 31.0. The summed E-state index contributed by atoms with van der Waals surface area (Å²) in [5, 5.41) is 10.7. The lowest BCUT2D eigenvalue weighted by atomic mass is 10.0. The van der Waals surface area contributed by atoms with Crippen LogP contribution in [-0.4, -0.2) is 96.7 Å². The number of phosphoric acid groups is 2. The van der Waals surface area contributed by atoms with Crippen LogP contribution >= 0.6 is 15.6 Å². The minimum absolute atomic E-state index is 0.0255. The van der Waals surface area contributed by atoms with Crippen LogP contribution in [0.5, 0.6) is 0 Å². The SMILES string of the molecule is CCCCC/C=C\C/C=C\C/C=C\C/C=C\C/C=C\CCC(=O)O[C@H](COC(=O)CCCCCCCCCCCCCCCCC)COP(=O)(O)OC[C@H](O)COP(=O)(O)OC[C@@H](COC(=O)CCCCCCC/C=C\CCCCCCCC)OC(=O)CCCCCCC/C=C\CCCCCCCC. The summed E-state index contributed by atoms with van der Waals surface area (Å²) in [4.78, 5) is 73.1. The molecule has 0 heterocycles. The molecule has 3 N–H and O–H groups in total. The summed E-state index contributed by atoms with van der Waals surface area (Å²) in [6.45, 7) is 4.81. The molecule has 0 fully saturated rings. The third-order valence-electron chi connectivity index (χ3n) is 17.8. The van der Waals surface area contributed by atoms with E-state index in [1.54, 1.807) is 0 Å². The predicted octanol–water partition coefficient (Wildman–Crippen LogP) is 24.6. The number of hydrogen-bond acceptors (Lipinski definition) is 15. The molecule has 0 bridgehead atoms. The Kier molecular flexibility index (Phi) is 74.6. The number of hydrogen-bond donors (Lipinski definition) is 3. The average molecular weight is 1510 g/mol. The van der Waals surface area contributed by atoms with Crippen molar-refractivity contribution in [3.63, 3.8) is 0 Å². The molecule has 17 nitrogen and oxygen atoms in total. The fraction of sp³-hybridized carbons (Fsp3) is 0.788. The molecule has 604 valence electrons. The van der Waals surface area contributed by atoms with Crippen molar-refractivity contribution in [2.75, 3.05) is 39.6 Å². The van der Waals surface area contributed by atoms with Gasteiger partial charge in [-0.05, 0) is 116 Å². The van der Waals surface area contributed by atoms with Crippen molar-refractivity contribution in [1.29, 1.82) is 0 Å². The molecule has 0 aliphatic heterocycles. The van der Waals surface area contributed by atoms with Gasteiger partial charge in [-0.15, -0.1) is 0 Å². The molecule has 0 amide bonds. The third kappa shape index (κ3) is 76.4. The quantitative estimate of drug-likeness (QED) is 0.0169. The van der Waals surface area contributed by atoms with E-state index in [9.17, 15) is 43.2 Å². The second kappa shape index (κ2) is 77.4. The summed E-state index contributed by atoms with van der Waals surface area (Å²) in [5.41, 5.74) is 0. The monoisotopic (exact) mass is 1510 g/mol. The van der Waals surface area contributed by atoms with Gasteiger partial charge in [-0.1, -0.05) is 318 Å². The van der Waals surface area contributed by atoms with Crippen molar-refractivity contribution >= 4 is 39.5 Å². The second-order valence-electron chi connectivity index (χ2n) is 28.1. The fourth-order valence-electron chi connectivity index (χ4n) is 11.4. The van der Waals surface area contributed by atoms with Gasteiger partial charge in [0.25, 0.3) is 0 Å². The number of esters is 4. The summed E-state index contributed by atoms with van der Waals surface area (Å²) in [6, 6.07) is 0. The van der Waals surface area contributed by atoms with Gasteiger partial charge in [0.15, 0.2) is 12.2 Å². The maximum Gasteiger partial charge on any atom is 0.472 e. The van der Waals surface area contributed by atoms with Crippen LogP contribution < -0.4 is 0 Å². The number of unbranched alkanes of at least 4 members (excludes halogenated alkanes) is 39. The molecule has 5 atom stereocenters. The summed E-state index contributed by atoms with van der Waals surface area (Å²) < 4.78 is 68.6. The molecule has 0 aromatic carbocycles. The first-order chi connectivity index (χ1) is 50.7. The first kappa shape index (κ1) is 100. The van der Waals surface area contributed by atoms with E-state index >= 15 is 0 Å². The van der Waals surface area contributed by atoms with E-state index in [2.05, 4.69) is 94.5 Å². The average Bonchev–Trinajstić information content (AvgIpc) is 0.943. The number of aliphatic hydroxyl groups excluding tert-OH is 1. The number of carbonyl (C=O) groups is 4. The summed E-state index contributed by atoms with van der Waals surface area (Å²) in [7, 11) is -9.98. The van der Waals surface area contributed by atoms with Gasteiger partial charge in [0.2, 0.25) is 0 Å². The predicted molar refractivity (Wildman–Crippen MR) is 427 cm³/mol. The molecule has 19 heteroatoms. The highest BCUT2D eigenvalue weighted by Gasteiger charge is 2.30. The Bertz CT molecular complexity index is 2300. The zero-order chi connectivity index (χ0) is 76.0. The third-order valence-corrected chi connectivity index (χ3v) is 19.7. The van der Waals surface area contributed by atoms with Gasteiger partial charge >= 0.3 is 39.5 Å². The zero-order valence-electron chi connectivity index (χ0n) is 66.2. The molecule has 0 aliphatic carbocycles. The Labute approximate surface area is 634 Å². The summed E-state index contributed by atoms with van der Waals surface area (Å²) in [6.07, 6.45) is 81.4. The molecule has 2 unspecified atom stereocenters.